The molecular formula is C12H15NO. The highest BCUT2D eigenvalue weighted by Crippen LogP contribution is 2.36. The number of carbonyl (C=O) groups excluding carboxylic acids is 1. The van der Waals surface area contributed by atoms with Crippen molar-refractivity contribution in [3.05, 3.63) is 35.9 Å². The van der Waals surface area contributed by atoms with Gasteiger partial charge in [-0.3, -0.25) is 4.79 Å². The molecule has 1 aromatic rings. The third-order valence-corrected chi connectivity index (χ3v) is 2.84. The van der Waals surface area contributed by atoms with Crippen LogP contribution in [0.15, 0.2) is 30.3 Å². The first-order chi connectivity index (χ1) is 6.77. The predicted octanol–water partition coefficient (Wildman–Crippen LogP) is 2.07. The fourth-order valence-corrected chi connectivity index (χ4v) is 1.60. The second-order valence-electron chi connectivity index (χ2n) is 4.05. The average Bonchev–Trinajstić information content (AvgIpc) is 2.92. The third-order valence-electron chi connectivity index (χ3n) is 2.84. The molecule has 0 aromatic heterocycles. The topological polar surface area (TPSA) is 29.1 Å². The Balaban J connectivity index is 1.84. The molecule has 2 nitrogen and oxygen atoms in total. The molecule has 0 radical (unpaired) electrons. The summed E-state index contributed by atoms with van der Waals surface area (Å²) in [6.45, 7) is 3.05. The molecule has 2 unspecified atom stereocenters. The van der Waals surface area contributed by atoms with Gasteiger partial charge in [-0.1, -0.05) is 25.1 Å². The summed E-state index contributed by atoms with van der Waals surface area (Å²) in [5, 5.41) is 2.95. The Morgan fingerprint density at radius 1 is 1.43 bits per heavy atom. The van der Waals surface area contributed by atoms with E-state index in [4.69, 9.17) is 0 Å². The second kappa shape index (κ2) is 3.82. The molecule has 0 heterocycles. The lowest BCUT2D eigenvalue weighted by molar-refractivity contribution is 0.0951. The third kappa shape index (κ3) is 2.13. The van der Waals surface area contributed by atoms with E-state index < -0.39 is 0 Å². The maximum absolute atomic E-state index is 11.6. The van der Waals surface area contributed by atoms with Crippen molar-refractivity contribution in [1.29, 1.82) is 0 Å². The molecule has 1 saturated carbocycles. The molecule has 0 aliphatic heterocycles. The van der Waals surface area contributed by atoms with Crippen LogP contribution in [0.25, 0.3) is 0 Å². The first-order valence-corrected chi connectivity index (χ1v) is 5.10. The molecule has 14 heavy (non-hydrogen) atoms. The number of amides is 1. The van der Waals surface area contributed by atoms with Gasteiger partial charge in [0.05, 0.1) is 0 Å². The summed E-state index contributed by atoms with van der Waals surface area (Å²) in [6, 6.07) is 9.36. The molecule has 1 amide bonds. The Labute approximate surface area is 84.3 Å². The van der Waals surface area contributed by atoms with Crippen LogP contribution in [-0.4, -0.2) is 12.5 Å². The summed E-state index contributed by atoms with van der Waals surface area (Å²) in [5.74, 6) is 1.55. The van der Waals surface area contributed by atoms with Crippen LogP contribution >= 0.6 is 0 Å². The smallest absolute Gasteiger partial charge is 0.251 e. The molecule has 1 aliphatic carbocycles. The summed E-state index contributed by atoms with van der Waals surface area (Å²) in [4.78, 5) is 11.6. The first kappa shape index (κ1) is 9.25. The Bertz CT molecular complexity index is 320. The van der Waals surface area contributed by atoms with Crippen LogP contribution in [0.1, 0.15) is 23.7 Å². The van der Waals surface area contributed by atoms with Gasteiger partial charge >= 0.3 is 0 Å². The standard InChI is InChI=1S/C12H15NO/c1-9-7-11(9)8-13-12(14)10-5-3-2-4-6-10/h2-6,9,11H,7-8H2,1H3,(H,13,14). The maximum atomic E-state index is 11.6. The van der Waals surface area contributed by atoms with Crippen LogP contribution < -0.4 is 5.32 Å². The van der Waals surface area contributed by atoms with Gasteiger partial charge in [0.25, 0.3) is 5.91 Å². The minimum Gasteiger partial charge on any atom is -0.352 e. The minimum absolute atomic E-state index is 0.0460. The van der Waals surface area contributed by atoms with E-state index in [-0.39, 0.29) is 5.91 Å². The lowest BCUT2D eigenvalue weighted by Crippen LogP contribution is -2.25. The van der Waals surface area contributed by atoms with Gasteiger partial charge in [-0.15, -0.1) is 0 Å². The Kier molecular flexibility index (Phi) is 2.53. The molecule has 1 aliphatic rings. The largest absolute Gasteiger partial charge is 0.352 e. The van der Waals surface area contributed by atoms with E-state index in [9.17, 15) is 4.79 Å². The number of hydrogen-bond acceptors (Lipinski definition) is 1. The Morgan fingerprint density at radius 2 is 2.07 bits per heavy atom. The van der Waals surface area contributed by atoms with Gasteiger partial charge in [0.2, 0.25) is 0 Å². The summed E-state index contributed by atoms with van der Waals surface area (Å²) >= 11 is 0. The van der Waals surface area contributed by atoms with Gasteiger partial charge < -0.3 is 5.32 Å². The highest BCUT2D eigenvalue weighted by Gasteiger charge is 2.32. The van der Waals surface area contributed by atoms with Crippen molar-refractivity contribution in [3.8, 4) is 0 Å². The molecular weight excluding hydrogens is 174 g/mol. The molecule has 0 bridgehead atoms. The van der Waals surface area contributed by atoms with E-state index in [1.54, 1.807) is 0 Å². The summed E-state index contributed by atoms with van der Waals surface area (Å²) in [5.41, 5.74) is 0.751. The van der Waals surface area contributed by atoms with Gasteiger partial charge in [-0.05, 0) is 30.4 Å². The average molecular weight is 189 g/mol. The second-order valence-corrected chi connectivity index (χ2v) is 4.05. The summed E-state index contributed by atoms with van der Waals surface area (Å²) in [7, 11) is 0. The van der Waals surface area contributed by atoms with Crippen molar-refractivity contribution in [2.24, 2.45) is 11.8 Å². The Morgan fingerprint density at radius 3 is 2.64 bits per heavy atom. The molecule has 2 atom stereocenters. The van der Waals surface area contributed by atoms with Crippen LogP contribution in [0.5, 0.6) is 0 Å². The van der Waals surface area contributed by atoms with Crippen molar-refractivity contribution in [1.82, 2.24) is 5.32 Å². The van der Waals surface area contributed by atoms with Gasteiger partial charge in [-0.25, -0.2) is 0 Å². The molecule has 0 spiro atoms. The lowest BCUT2D eigenvalue weighted by atomic mass is 10.2. The minimum atomic E-state index is 0.0460. The van der Waals surface area contributed by atoms with E-state index in [1.165, 1.54) is 6.42 Å². The van der Waals surface area contributed by atoms with E-state index >= 15 is 0 Å². The van der Waals surface area contributed by atoms with Crippen LogP contribution in [0.4, 0.5) is 0 Å². The van der Waals surface area contributed by atoms with Crippen LogP contribution in [0.2, 0.25) is 0 Å². The molecule has 1 N–H and O–H groups in total. The summed E-state index contributed by atoms with van der Waals surface area (Å²) < 4.78 is 0. The van der Waals surface area contributed by atoms with Crippen LogP contribution in [0, 0.1) is 11.8 Å². The van der Waals surface area contributed by atoms with Gasteiger partial charge in [0.15, 0.2) is 0 Å². The lowest BCUT2D eigenvalue weighted by Gasteiger charge is -2.03. The highest BCUT2D eigenvalue weighted by molar-refractivity contribution is 5.94. The number of carbonyl (C=O) groups is 1. The van der Waals surface area contributed by atoms with Gasteiger partial charge in [0.1, 0.15) is 0 Å². The molecule has 2 rings (SSSR count). The molecule has 1 aromatic carbocycles. The van der Waals surface area contributed by atoms with Crippen LogP contribution in [-0.2, 0) is 0 Å². The first-order valence-electron chi connectivity index (χ1n) is 5.10. The quantitative estimate of drug-likeness (QED) is 0.775. The highest BCUT2D eigenvalue weighted by atomic mass is 16.1. The number of hydrogen-bond donors (Lipinski definition) is 1. The zero-order valence-corrected chi connectivity index (χ0v) is 8.36. The molecule has 74 valence electrons. The maximum Gasteiger partial charge on any atom is 0.251 e. The predicted molar refractivity (Wildman–Crippen MR) is 56.0 cm³/mol. The number of benzene rings is 1. The fourth-order valence-electron chi connectivity index (χ4n) is 1.60. The zero-order valence-electron chi connectivity index (χ0n) is 8.36. The van der Waals surface area contributed by atoms with E-state index in [2.05, 4.69) is 12.2 Å². The van der Waals surface area contributed by atoms with Crippen LogP contribution in [0.3, 0.4) is 0 Å². The SMILES string of the molecule is CC1CC1CNC(=O)c1ccccc1. The van der Waals surface area contributed by atoms with Crippen molar-refractivity contribution >= 4 is 5.91 Å². The normalized spacial score (nSPS) is 24.4. The summed E-state index contributed by atoms with van der Waals surface area (Å²) in [6.07, 6.45) is 1.26. The van der Waals surface area contributed by atoms with E-state index in [0.29, 0.717) is 5.92 Å². The van der Waals surface area contributed by atoms with Gasteiger partial charge in [0, 0.05) is 12.1 Å². The zero-order chi connectivity index (χ0) is 9.97. The molecule has 0 saturated heterocycles. The van der Waals surface area contributed by atoms with Crippen molar-refractivity contribution in [2.45, 2.75) is 13.3 Å². The fraction of sp³-hybridized carbons (Fsp3) is 0.417. The number of nitrogens with one attached hydrogen (secondary N) is 1. The Hall–Kier alpha value is -1.31. The number of rotatable bonds is 3. The molecule has 2 heteroatoms. The molecule has 1 fully saturated rings. The van der Waals surface area contributed by atoms with Crippen molar-refractivity contribution < 1.29 is 4.79 Å². The van der Waals surface area contributed by atoms with E-state index in [1.807, 2.05) is 30.3 Å². The van der Waals surface area contributed by atoms with Crippen molar-refractivity contribution in [3.63, 3.8) is 0 Å². The monoisotopic (exact) mass is 189 g/mol. The van der Waals surface area contributed by atoms with E-state index in [0.717, 1.165) is 18.0 Å². The van der Waals surface area contributed by atoms with Crippen molar-refractivity contribution in [2.75, 3.05) is 6.54 Å². The van der Waals surface area contributed by atoms with Gasteiger partial charge in [-0.2, -0.15) is 0 Å².